The Morgan fingerprint density at radius 2 is 2.33 bits per heavy atom. The Labute approximate surface area is 94.4 Å². The molecule has 4 nitrogen and oxygen atoms in total. The van der Waals surface area contributed by atoms with E-state index in [4.69, 9.17) is 0 Å². The summed E-state index contributed by atoms with van der Waals surface area (Å²) in [6.07, 6.45) is 0.875. The Kier molecular flexibility index (Phi) is 4.05. The average Bonchev–Trinajstić information content (AvgIpc) is 2.27. The van der Waals surface area contributed by atoms with Crippen molar-refractivity contribution in [1.29, 1.82) is 0 Å². The van der Waals surface area contributed by atoms with E-state index in [1.807, 2.05) is 6.07 Å². The van der Waals surface area contributed by atoms with E-state index in [9.17, 15) is 4.79 Å². The molecule has 1 N–H and O–H groups in total. The fraction of sp³-hybridized carbons (Fsp3) is 0.400. The zero-order valence-electron chi connectivity index (χ0n) is 8.45. The topological polar surface area (TPSA) is 51.2 Å². The average molecular weight is 229 g/mol. The van der Waals surface area contributed by atoms with Crippen molar-refractivity contribution >= 4 is 18.4 Å². The molecule has 1 aromatic heterocycles. The number of halogens is 1. The number of hydrogen-bond donors (Lipinski definition) is 1. The molecule has 0 amide bonds. The zero-order chi connectivity index (χ0) is 9.97. The molecule has 0 saturated carbocycles. The lowest BCUT2D eigenvalue weighted by Crippen LogP contribution is -2.25. The molecule has 0 aromatic carbocycles. The highest BCUT2D eigenvalue weighted by Crippen LogP contribution is 2.12. The molecule has 2 rings (SSSR count). The first-order valence-corrected chi connectivity index (χ1v) is 4.59. The third kappa shape index (κ3) is 2.46. The number of esters is 1. The van der Waals surface area contributed by atoms with Crippen molar-refractivity contribution < 1.29 is 9.53 Å². The summed E-state index contributed by atoms with van der Waals surface area (Å²) in [6, 6.07) is 3.64. The summed E-state index contributed by atoms with van der Waals surface area (Å²) in [6.45, 7) is 1.76. The number of carbonyl (C=O) groups is 1. The van der Waals surface area contributed by atoms with Gasteiger partial charge in [0.15, 0.2) is 0 Å². The van der Waals surface area contributed by atoms with Crippen molar-refractivity contribution in [3.8, 4) is 0 Å². The number of hydrogen-bond acceptors (Lipinski definition) is 4. The molecule has 1 aromatic rings. The molecule has 0 spiro atoms. The number of aromatic nitrogens is 1. The monoisotopic (exact) mass is 228 g/mol. The molecule has 82 valence electrons. The molecule has 0 bridgehead atoms. The number of ether oxygens (including phenoxy) is 1. The quantitative estimate of drug-likeness (QED) is 0.727. The van der Waals surface area contributed by atoms with Gasteiger partial charge in [0, 0.05) is 25.2 Å². The van der Waals surface area contributed by atoms with Crippen LogP contribution in [0.1, 0.15) is 21.7 Å². The van der Waals surface area contributed by atoms with Gasteiger partial charge >= 0.3 is 5.97 Å². The van der Waals surface area contributed by atoms with Crippen molar-refractivity contribution in [2.45, 2.75) is 13.0 Å². The van der Waals surface area contributed by atoms with Crippen molar-refractivity contribution in [1.82, 2.24) is 10.3 Å². The number of carbonyl (C=O) groups excluding carboxylic acids is 1. The van der Waals surface area contributed by atoms with Gasteiger partial charge in [0.1, 0.15) is 5.69 Å². The van der Waals surface area contributed by atoms with Gasteiger partial charge in [0.2, 0.25) is 0 Å². The fourth-order valence-corrected chi connectivity index (χ4v) is 1.56. The minimum Gasteiger partial charge on any atom is -0.464 e. The van der Waals surface area contributed by atoms with Gasteiger partial charge in [0.05, 0.1) is 7.11 Å². The van der Waals surface area contributed by atoms with E-state index in [0.29, 0.717) is 5.69 Å². The maximum absolute atomic E-state index is 11.2. The molecule has 0 saturated heterocycles. The maximum atomic E-state index is 11.2. The van der Waals surface area contributed by atoms with Crippen LogP contribution in [0.15, 0.2) is 12.1 Å². The van der Waals surface area contributed by atoms with Gasteiger partial charge in [-0.3, -0.25) is 0 Å². The van der Waals surface area contributed by atoms with Crippen LogP contribution in [-0.2, 0) is 17.7 Å². The molecule has 2 heterocycles. The highest BCUT2D eigenvalue weighted by molar-refractivity contribution is 5.87. The summed E-state index contributed by atoms with van der Waals surface area (Å²) in [5.41, 5.74) is 2.57. The maximum Gasteiger partial charge on any atom is 0.356 e. The number of methoxy groups -OCH3 is 1. The number of fused-ring (bicyclic) bond motifs is 1. The van der Waals surface area contributed by atoms with Crippen molar-refractivity contribution in [3.63, 3.8) is 0 Å². The van der Waals surface area contributed by atoms with Gasteiger partial charge in [-0.2, -0.15) is 0 Å². The van der Waals surface area contributed by atoms with Crippen LogP contribution in [0.3, 0.4) is 0 Å². The Morgan fingerprint density at radius 1 is 1.53 bits per heavy atom. The van der Waals surface area contributed by atoms with E-state index in [1.165, 1.54) is 12.7 Å². The molecule has 1 aliphatic heterocycles. The van der Waals surface area contributed by atoms with E-state index in [2.05, 4.69) is 15.0 Å². The van der Waals surface area contributed by atoms with Crippen molar-refractivity contribution in [2.24, 2.45) is 0 Å². The lowest BCUT2D eigenvalue weighted by atomic mass is 10.1. The van der Waals surface area contributed by atoms with Crippen LogP contribution < -0.4 is 5.32 Å². The van der Waals surface area contributed by atoms with Gasteiger partial charge in [-0.1, -0.05) is 6.07 Å². The second-order valence-electron chi connectivity index (χ2n) is 3.22. The predicted molar refractivity (Wildman–Crippen MR) is 58.2 cm³/mol. The smallest absolute Gasteiger partial charge is 0.356 e. The van der Waals surface area contributed by atoms with Crippen LogP contribution in [0.4, 0.5) is 0 Å². The number of nitrogens with zero attached hydrogens (tertiary/aromatic N) is 1. The van der Waals surface area contributed by atoms with Gasteiger partial charge in [0.25, 0.3) is 0 Å². The Hall–Kier alpha value is -1.13. The van der Waals surface area contributed by atoms with Crippen LogP contribution in [0.25, 0.3) is 0 Å². The SMILES string of the molecule is COC(=O)c1ccc2c(n1)CCNC2.Cl. The van der Waals surface area contributed by atoms with E-state index in [-0.39, 0.29) is 18.4 Å². The largest absolute Gasteiger partial charge is 0.464 e. The minimum absolute atomic E-state index is 0. The van der Waals surface area contributed by atoms with Crippen LogP contribution in [-0.4, -0.2) is 24.6 Å². The zero-order valence-corrected chi connectivity index (χ0v) is 9.26. The van der Waals surface area contributed by atoms with Crippen LogP contribution in [0, 0.1) is 0 Å². The van der Waals surface area contributed by atoms with Crippen LogP contribution >= 0.6 is 12.4 Å². The second-order valence-corrected chi connectivity index (χ2v) is 3.22. The van der Waals surface area contributed by atoms with E-state index in [0.717, 1.165) is 25.2 Å². The highest BCUT2D eigenvalue weighted by atomic mass is 35.5. The number of rotatable bonds is 1. The van der Waals surface area contributed by atoms with E-state index in [1.54, 1.807) is 6.07 Å². The highest BCUT2D eigenvalue weighted by Gasteiger charge is 2.13. The first-order valence-electron chi connectivity index (χ1n) is 4.59. The Balaban J connectivity index is 0.00000112. The van der Waals surface area contributed by atoms with Gasteiger partial charge in [-0.15, -0.1) is 12.4 Å². The molecular formula is C10H13ClN2O2. The summed E-state index contributed by atoms with van der Waals surface area (Å²) in [7, 11) is 1.37. The fourth-order valence-electron chi connectivity index (χ4n) is 1.56. The lowest BCUT2D eigenvalue weighted by Gasteiger charge is -2.16. The third-order valence-corrected chi connectivity index (χ3v) is 2.32. The molecule has 0 unspecified atom stereocenters. The van der Waals surface area contributed by atoms with Gasteiger partial charge in [-0.25, -0.2) is 9.78 Å². The molecule has 0 aliphatic carbocycles. The van der Waals surface area contributed by atoms with E-state index >= 15 is 0 Å². The molecule has 0 fully saturated rings. The number of nitrogens with one attached hydrogen (secondary N) is 1. The molecular weight excluding hydrogens is 216 g/mol. The van der Waals surface area contributed by atoms with Gasteiger partial charge in [-0.05, 0) is 11.6 Å². The first kappa shape index (κ1) is 11.9. The van der Waals surface area contributed by atoms with Gasteiger partial charge < -0.3 is 10.1 Å². The lowest BCUT2D eigenvalue weighted by molar-refractivity contribution is 0.0593. The summed E-state index contributed by atoms with van der Waals surface area (Å²) < 4.78 is 4.61. The summed E-state index contributed by atoms with van der Waals surface area (Å²) in [4.78, 5) is 15.5. The summed E-state index contributed by atoms with van der Waals surface area (Å²) in [5, 5.41) is 3.25. The Bertz CT molecular complexity index is 368. The van der Waals surface area contributed by atoms with Crippen molar-refractivity contribution in [3.05, 3.63) is 29.1 Å². The normalized spacial score (nSPS) is 13.7. The third-order valence-electron chi connectivity index (χ3n) is 2.32. The standard InChI is InChI=1S/C10H12N2O2.ClH/c1-14-10(13)9-3-2-7-6-11-5-4-8(7)12-9;/h2-3,11H,4-6H2,1H3;1H. The van der Waals surface area contributed by atoms with Crippen molar-refractivity contribution in [2.75, 3.05) is 13.7 Å². The molecule has 1 aliphatic rings. The molecule has 0 atom stereocenters. The second kappa shape index (κ2) is 5.09. The predicted octanol–water partition coefficient (Wildman–Crippen LogP) is 0.936. The first-order chi connectivity index (χ1) is 6.81. The molecule has 5 heteroatoms. The Morgan fingerprint density at radius 3 is 3.07 bits per heavy atom. The molecule has 15 heavy (non-hydrogen) atoms. The van der Waals surface area contributed by atoms with E-state index < -0.39 is 0 Å². The molecule has 0 radical (unpaired) electrons. The van der Waals surface area contributed by atoms with Crippen LogP contribution in [0.5, 0.6) is 0 Å². The minimum atomic E-state index is -0.369. The summed E-state index contributed by atoms with van der Waals surface area (Å²) >= 11 is 0. The number of pyridine rings is 1. The summed E-state index contributed by atoms with van der Waals surface area (Å²) in [5.74, 6) is -0.369. The van der Waals surface area contributed by atoms with Crippen LogP contribution in [0.2, 0.25) is 0 Å².